The lowest BCUT2D eigenvalue weighted by molar-refractivity contribution is -0.117. The van der Waals surface area contributed by atoms with Crippen molar-refractivity contribution in [2.45, 2.75) is 27.2 Å². The predicted octanol–water partition coefficient (Wildman–Crippen LogP) is 3.36. The topological polar surface area (TPSA) is 54.9 Å². The van der Waals surface area contributed by atoms with Crippen LogP contribution in [0.1, 0.15) is 37.0 Å². The van der Waals surface area contributed by atoms with Crippen molar-refractivity contribution in [3.8, 4) is 23.5 Å². The molecule has 1 N–H and O–H groups in total. The summed E-state index contributed by atoms with van der Waals surface area (Å²) in [6.45, 7) is 6.50. The first-order valence-corrected chi connectivity index (χ1v) is 7.90. The number of hydrogen-bond acceptors (Lipinski definition) is 3. The molecule has 4 nitrogen and oxygen atoms in total. The van der Waals surface area contributed by atoms with E-state index in [1.165, 1.54) is 6.33 Å². The number of carbonyl (C=O) groups is 1. The quantitative estimate of drug-likeness (QED) is 0.679. The van der Waals surface area contributed by atoms with Crippen LogP contribution in [-0.2, 0) is 4.79 Å². The van der Waals surface area contributed by atoms with Crippen LogP contribution < -0.4 is 5.32 Å². The molecule has 0 bridgehead atoms. The Hall–Kier alpha value is -2.93. The van der Waals surface area contributed by atoms with Crippen LogP contribution in [0.4, 0.5) is 0 Å². The van der Waals surface area contributed by atoms with Crippen molar-refractivity contribution in [2.75, 3.05) is 6.54 Å². The van der Waals surface area contributed by atoms with Crippen LogP contribution in [0.5, 0.6) is 0 Å². The zero-order valence-electron chi connectivity index (χ0n) is 14.3. The van der Waals surface area contributed by atoms with E-state index >= 15 is 0 Å². The van der Waals surface area contributed by atoms with E-state index in [9.17, 15) is 4.79 Å². The first kappa shape index (κ1) is 17.4. The molecule has 4 heteroatoms. The first-order chi connectivity index (χ1) is 11.6. The van der Waals surface area contributed by atoms with E-state index in [-0.39, 0.29) is 5.91 Å². The van der Waals surface area contributed by atoms with Crippen molar-refractivity contribution in [3.63, 3.8) is 0 Å². The molecule has 0 aliphatic carbocycles. The Balaban J connectivity index is 2.48. The van der Waals surface area contributed by atoms with E-state index in [2.05, 4.69) is 21.2 Å². The van der Waals surface area contributed by atoms with Gasteiger partial charge in [-0.15, -0.1) is 6.42 Å². The van der Waals surface area contributed by atoms with Gasteiger partial charge in [0.15, 0.2) is 0 Å². The summed E-state index contributed by atoms with van der Waals surface area (Å²) in [4.78, 5) is 20.2. The molecule has 0 aliphatic heterocycles. The van der Waals surface area contributed by atoms with Crippen LogP contribution in [-0.4, -0.2) is 22.4 Å². The van der Waals surface area contributed by atoms with Crippen molar-refractivity contribution >= 4 is 12.0 Å². The minimum absolute atomic E-state index is 0.0630. The standard InChI is InChI=1S/C20H21N3O/c1-5-7-23-20(24)14(3)8-17-9-16(6-2)10-19(15(17)4)18-11-21-13-22-12-18/h2,8-13H,5,7H2,1,3-4H3,(H,23,24)/b14-8+. The molecule has 0 radical (unpaired) electrons. The SMILES string of the molecule is C#Cc1cc(/C=C(\C)C(=O)NCCC)c(C)c(-c2cncnc2)c1. The van der Waals surface area contributed by atoms with E-state index in [0.29, 0.717) is 12.1 Å². The molecule has 0 aliphatic rings. The second-order valence-electron chi connectivity index (χ2n) is 5.59. The number of terminal acetylenes is 1. The summed E-state index contributed by atoms with van der Waals surface area (Å²) in [5.74, 6) is 2.61. The van der Waals surface area contributed by atoms with Gasteiger partial charge in [-0.1, -0.05) is 12.8 Å². The van der Waals surface area contributed by atoms with Crippen molar-refractivity contribution in [1.82, 2.24) is 15.3 Å². The van der Waals surface area contributed by atoms with Gasteiger partial charge in [-0.05, 0) is 55.2 Å². The third-order valence-electron chi connectivity index (χ3n) is 3.75. The van der Waals surface area contributed by atoms with Crippen LogP contribution in [0, 0.1) is 19.3 Å². The maximum atomic E-state index is 12.1. The molecule has 0 atom stereocenters. The van der Waals surface area contributed by atoms with E-state index in [1.54, 1.807) is 19.3 Å². The van der Waals surface area contributed by atoms with Crippen molar-refractivity contribution in [2.24, 2.45) is 0 Å². The van der Waals surface area contributed by atoms with Gasteiger partial charge >= 0.3 is 0 Å². The largest absolute Gasteiger partial charge is 0.352 e. The van der Waals surface area contributed by atoms with E-state index < -0.39 is 0 Å². The fourth-order valence-corrected chi connectivity index (χ4v) is 2.38. The third-order valence-corrected chi connectivity index (χ3v) is 3.75. The fraction of sp³-hybridized carbons (Fsp3) is 0.250. The molecule has 1 aromatic heterocycles. The molecule has 0 saturated carbocycles. The fourth-order valence-electron chi connectivity index (χ4n) is 2.38. The number of amides is 1. The van der Waals surface area contributed by atoms with Gasteiger partial charge < -0.3 is 5.32 Å². The minimum Gasteiger partial charge on any atom is -0.352 e. The molecule has 1 amide bonds. The zero-order valence-corrected chi connectivity index (χ0v) is 14.3. The molecule has 0 unspecified atom stereocenters. The Bertz CT molecular complexity index is 802. The number of nitrogens with one attached hydrogen (secondary N) is 1. The smallest absolute Gasteiger partial charge is 0.246 e. The second-order valence-corrected chi connectivity index (χ2v) is 5.59. The monoisotopic (exact) mass is 319 g/mol. The summed E-state index contributed by atoms with van der Waals surface area (Å²) in [6, 6.07) is 3.86. The number of aromatic nitrogens is 2. The molecule has 1 aromatic carbocycles. The Labute approximate surface area is 143 Å². The Morgan fingerprint density at radius 1 is 1.33 bits per heavy atom. The van der Waals surface area contributed by atoms with Crippen LogP contribution in [0.25, 0.3) is 17.2 Å². The Morgan fingerprint density at radius 3 is 2.67 bits per heavy atom. The maximum Gasteiger partial charge on any atom is 0.246 e. The number of benzene rings is 1. The van der Waals surface area contributed by atoms with Crippen LogP contribution in [0.2, 0.25) is 0 Å². The van der Waals surface area contributed by atoms with E-state index in [1.807, 2.05) is 32.1 Å². The van der Waals surface area contributed by atoms with Gasteiger partial charge in [0.1, 0.15) is 6.33 Å². The molecule has 2 rings (SSSR count). The summed E-state index contributed by atoms with van der Waals surface area (Å²) in [5, 5.41) is 2.88. The minimum atomic E-state index is -0.0630. The molecule has 122 valence electrons. The van der Waals surface area contributed by atoms with Gasteiger partial charge in [-0.2, -0.15) is 0 Å². The van der Waals surface area contributed by atoms with E-state index in [4.69, 9.17) is 6.42 Å². The summed E-state index contributed by atoms with van der Waals surface area (Å²) < 4.78 is 0. The molecule has 24 heavy (non-hydrogen) atoms. The summed E-state index contributed by atoms with van der Waals surface area (Å²) in [6.07, 6.45) is 13.4. The normalized spacial score (nSPS) is 11.0. The summed E-state index contributed by atoms with van der Waals surface area (Å²) in [5.41, 5.74) is 5.23. The lowest BCUT2D eigenvalue weighted by atomic mass is 9.94. The average Bonchev–Trinajstić information content (AvgIpc) is 2.61. The molecule has 0 saturated heterocycles. The molecule has 0 spiro atoms. The van der Waals surface area contributed by atoms with Gasteiger partial charge in [0, 0.05) is 35.6 Å². The first-order valence-electron chi connectivity index (χ1n) is 7.90. The molecular weight excluding hydrogens is 298 g/mol. The highest BCUT2D eigenvalue weighted by atomic mass is 16.1. The Kier molecular flexibility index (Phi) is 5.86. The lowest BCUT2D eigenvalue weighted by Gasteiger charge is -2.11. The van der Waals surface area contributed by atoms with Crippen molar-refractivity contribution < 1.29 is 4.79 Å². The van der Waals surface area contributed by atoms with Gasteiger partial charge in [-0.25, -0.2) is 9.97 Å². The highest BCUT2D eigenvalue weighted by Gasteiger charge is 2.10. The van der Waals surface area contributed by atoms with Crippen LogP contribution in [0.15, 0.2) is 36.4 Å². The highest BCUT2D eigenvalue weighted by Crippen LogP contribution is 2.27. The number of carbonyl (C=O) groups excluding carboxylic acids is 1. The molecular formula is C20H21N3O. The zero-order chi connectivity index (χ0) is 17.5. The average molecular weight is 319 g/mol. The molecule has 2 aromatic rings. The summed E-state index contributed by atoms with van der Waals surface area (Å²) >= 11 is 0. The van der Waals surface area contributed by atoms with Gasteiger partial charge in [0.05, 0.1) is 0 Å². The summed E-state index contributed by atoms with van der Waals surface area (Å²) in [7, 11) is 0. The second kappa shape index (κ2) is 8.07. The lowest BCUT2D eigenvalue weighted by Crippen LogP contribution is -2.24. The highest BCUT2D eigenvalue weighted by molar-refractivity contribution is 5.97. The van der Waals surface area contributed by atoms with Gasteiger partial charge in [0.25, 0.3) is 0 Å². The third kappa shape index (κ3) is 4.08. The predicted molar refractivity (Wildman–Crippen MR) is 97.1 cm³/mol. The van der Waals surface area contributed by atoms with Crippen molar-refractivity contribution in [1.29, 1.82) is 0 Å². The Morgan fingerprint density at radius 2 is 2.04 bits per heavy atom. The van der Waals surface area contributed by atoms with Crippen molar-refractivity contribution in [3.05, 3.63) is 53.1 Å². The maximum absolute atomic E-state index is 12.1. The van der Waals surface area contributed by atoms with Gasteiger partial charge in [0.2, 0.25) is 5.91 Å². The van der Waals surface area contributed by atoms with Crippen LogP contribution in [0.3, 0.4) is 0 Å². The van der Waals surface area contributed by atoms with E-state index in [0.717, 1.165) is 34.2 Å². The number of nitrogens with zero attached hydrogens (tertiary/aromatic N) is 2. The van der Waals surface area contributed by atoms with Gasteiger partial charge in [-0.3, -0.25) is 4.79 Å². The number of hydrogen-bond donors (Lipinski definition) is 1. The molecule has 1 heterocycles. The molecule has 0 fully saturated rings. The van der Waals surface area contributed by atoms with Crippen LogP contribution >= 0.6 is 0 Å². The number of rotatable bonds is 5.